The van der Waals surface area contributed by atoms with Gasteiger partial charge in [0.05, 0.1) is 12.6 Å². The molecule has 0 radical (unpaired) electrons. The lowest BCUT2D eigenvalue weighted by molar-refractivity contribution is 0.178. The van der Waals surface area contributed by atoms with E-state index in [-0.39, 0.29) is 0 Å². The smallest absolute Gasteiger partial charge is 0.430 e. The summed E-state index contributed by atoms with van der Waals surface area (Å²) >= 11 is 0. The monoisotopic (exact) mass is 277 g/mol. The Bertz CT molecular complexity index is 606. The molecule has 0 spiro atoms. The number of ether oxygens (including phenoxy) is 1. The molecule has 0 saturated heterocycles. The lowest BCUT2D eigenvalue weighted by Gasteiger charge is -2.21. The number of methoxy groups -OCH3 is 1. The standard InChI is InChI=1S/C13H19N5O2/c1-4-17(5-2)9-6-7-11-10(8-9)12(16-15-11)18(14)13(19)20-3/h6-8H,4-5,14H2,1-3H3,(H,15,16). The number of nitrogens with two attached hydrogens (primary N) is 1. The number of nitrogens with one attached hydrogen (secondary N) is 1. The fraction of sp³-hybridized carbons (Fsp3) is 0.385. The Balaban J connectivity index is 2.47. The minimum absolute atomic E-state index is 0.348. The summed E-state index contributed by atoms with van der Waals surface area (Å²) in [6.07, 6.45) is -0.661. The van der Waals surface area contributed by atoms with Crippen molar-refractivity contribution >= 4 is 28.5 Å². The van der Waals surface area contributed by atoms with Gasteiger partial charge in [0.25, 0.3) is 0 Å². The molecule has 108 valence electrons. The highest BCUT2D eigenvalue weighted by Crippen LogP contribution is 2.27. The fourth-order valence-corrected chi connectivity index (χ4v) is 2.14. The number of carbonyl (C=O) groups excluding carboxylic acids is 1. The number of anilines is 2. The molecular formula is C13H19N5O2. The molecule has 0 aliphatic carbocycles. The number of H-pyrrole nitrogens is 1. The van der Waals surface area contributed by atoms with E-state index in [4.69, 9.17) is 5.84 Å². The van der Waals surface area contributed by atoms with Gasteiger partial charge in [0, 0.05) is 24.2 Å². The van der Waals surface area contributed by atoms with E-state index in [0.29, 0.717) is 5.82 Å². The van der Waals surface area contributed by atoms with Crippen LogP contribution in [-0.2, 0) is 4.74 Å². The first-order chi connectivity index (χ1) is 9.62. The Morgan fingerprint density at radius 1 is 1.40 bits per heavy atom. The van der Waals surface area contributed by atoms with Gasteiger partial charge in [-0.25, -0.2) is 10.6 Å². The van der Waals surface area contributed by atoms with E-state index in [1.165, 1.54) is 7.11 Å². The van der Waals surface area contributed by atoms with Gasteiger partial charge in [-0.1, -0.05) is 0 Å². The number of aromatic amines is 1. The Kier molecular flexibility index (Phi) is 4.09. The van der Waals surface area contributed by atoms with E-state index < -0.39 is 6.09 Å². The van der Waals surface area contributed by atoms with E-state index in [9.17, 15) is 4.79 Å². The second-order valence-corrected chi connectivity index (χ2v) is 4.29. The predicted molar refractivity (Wildman–Crippen MR) is 78.7 cm³/mol. The van der Waals surface area contributed by atoms with Gasteiger partial charge in [-0.2, -0.15) is 10.1 Å². The van der Waals surface area contributed by atoms with Crippen LogP contribution in [0.2, 0.25) is 0 Å². The summed E-state index contributed by atoms with van der Waals surface area (Å²) in [7, 11) is 1.28. The van der Waals surface area contributed by atoms with Crippen LogP contribution in [0.1, 0.15) is 13.8 Å². The molecule has 2 rings (SSSR count). The van der Waals surface area contributed by atoms with Crippen LogP contribution < -0.4 is 15.8 Å². The first kappa shape index (κ1) is 14.1. The molecule has 0 fully saturated rings. The summed E-state index contributed by atoms with van der Waals surface area (Å²) in [5.74, 6) is 6.06. The maximum absolute atomic E-state index is 11.5. The number of carbonyl (C=O) groups is 1. The Morgan fingerprint density at radius 2 is 2.10 bits per heavy atom. The van der Waals surface area contributed by atoms with Gasteiger partial charge < -0.3 is 9.64 Å². The number of aromatic nitrogens is 2. The van der Waals surface area contributed by atoms with E-state index >= 15 is 0 Å². The SMILES string of the molecule is CCN(CC)c1ccc2[nH]nc(N(N)C(=O)OC)c2c1. The van der Waals surface area contributed by atoms with Crippen molar-refractivity contribution in [2.45, 2.75) is 13.8 Å². The molecule has 20 heavy (non-hydrogen) atoms. The molecular weight excluding hydrogens is 258 g/mol. The van der Waals surface area contributed by atoms with E-state index in [0.717, 1.165) is 34.7 Å². The minimum Gasteiger partial charge on any atom is -0.451 e. The fourth-order valence-electron chi connectivity index (χ4n) is 2.14. The zero-order valence-corrected chi connectivity index (χ0v) is 11.9. The van der Waals surface area contributed by atoms with Crippen LogP contribution in [0.4, 0.5) is 16.3 Å². The number of fused-ring (bicyclic) bond motifs is 1. The van der Waals surface area contributed by atoms with Gasteiger partial charge in [-0.05, 0) is 32.0 Å². The van der Waals surface area contributed by atoms with Crippen molar-refractivity contribution in [3.8, 4) is 0 Å². The number of rotatable bonds is 4. The number of nitrogens with zero attached hydrogens (tertiary/aromatic N) is 3. The van der Waals surface area contributed by atoms with Crippen molar-refractivity contribution < 1.29 is 9.53 Å². The Morgan fingerprint density at radius 3 is 2.70 bits per heavy atom. The van der Waals surface area contributed by atoms with Crippen LogP contribution in [0.5, 0.6) is 0 Å². The summed E-state index contributed by atoms with van der Waals surface area (Å²) in [5, 5.41) is 8.60. The predicted octanol–water partition coefficient (Wildman–Crippen LogP) is 1.86. The average molecular weight is 277 g/mol. The van der Waals surface area contributed by atoms with Gasteiger partial charge in [-0.15, -0.1) is 0 Å². The molecule has 3 N–H and O–H groups in total. The normalized spacial score (nSPS) is 10.6. The van der Waals surface area contributed by atoms with Gasteiger partial charge in [0.1, 0.15) is 0 Å². The lowest BCUT2D eigenvalue weighted by atomic mass is 10.2. The molecule has 1 aromatic carbocycles. The van der Waals surface area contributed by atoms with Crippen LogP contribution in [0.25, 0.3) is 10.9 Å². The Hall–Kier alpha value is -2.28. The average Bonchev–Trinajstić information content (AvgIpc) is 2.90. The third-order valence-corrected chi connectivity index (χ3v) is 3.25. The molecule has 0 saturated carbocycles. The molecule has 0 aliphatic heterocycles. The highest BCUT2D eigenvalue weighted by atomic mass is 16.5. The summed E-state index contributed by atoms with van der Waals surface area (Å²) in [4.78, 5) is 13.7. The maximum atomic E-state index is 11.5. The van der Waals surface area contributed by atoms with Gasteiger partial charge in [0.2, 0.25) is 0 Å². The summed E-state index contributed by atoms with van der Waals surface area (Å²) in [5.41, 5.74) is 1.87. The quantitative estimate of drug-likeness (QED) is 0.506. The van der Waals surface area contributed by atoms with Crippen molar-refractivity contribution in [1.82, 2.24) is 10.2 Å². The molecule has 1 amide bonds. The van der Waals surface area contributed by atoms with Crippen molar-refractivity contribution in [1.29, 1.82) is 0 Å². The highest BCUT2D eigenvalue weighted by molar-refractivity contribution is 5.99. The second-order valence-electron chi connectivity index (χ2n) is 4.29. The van der Waals surface area contributed by atoms with Gasteiger partial charge >= 0.3 is 6.09 Å². The zero-order chi connectivity index (χ0) is 14.7. The summed E-state index contributed by atoms with van der Waals surface area (Å²) in [6.45, 7) is 5.98. The first-order valence-corrected chi connectivity index (χ1v) is 6.48. The summed E-state index contributed by atoms with van der Waals surface area (Å²) in [6, 6.07) is 5.89. The van der Waals surface area contributed by atoms with E-state index in [1.54, 1.807) is 0 Å². The highest BCUT2D eigenvalue weighted by Gasteiger charge is 2.18. The molecule has 7 nitrogen and oxygen atoms in total. The number of hydrogen-bond acceptors (Lipinski definition) is 5. The van der Waals surface area contributed by atoms with Gasteiger partial charge in [0.15, 0.2) is 5.82 Å². The van der Waals surface area contributed by atoms with E-state index in [2.05, 4.69) is 33.7 Å². The van der Waals surface area contributed by atoms with Crippen LogP contribution in [0.15, 0.2) is 18.2 Å². The first-order valence-electron chi connectivity index (χ1n) is 6.48. The third-order valence-electron chi connectivity index (χ3n) is 3.25. The van der Waals surface area contributed by atoms with Crippen LogP contribution in [0, 0.1) is 0 Å². The number of amides is 1. The number of benzene rings is 1. The van der Waals surface area contributed by atoms with Crippen LogP contribution >= 0.6 is 0 Å². The lowest BCUT2D eigenvalue weighted by Crippen LogP contribution is -2.37. The second kappa shape index (κ2) is 5.79. The molecule has 2 aromatic rings. The van der Waals surface area contributed by atoms with Crippen LogP contribution in [-0.4, -0.2) is 36.5 Å². The summed E-state index contributed by atoms with van der Waals surface area (Å²) < 4.78 is 4.60. The van der Waals surface area contributed by atoms with Crippen molar-refractivity contribution in [2.24, 2.45) is 5.84 Å². The van der Waals surface area contributed by atoms with E-state index in [1.807, 2.05) is 18.2 Å². The minimum atomic E-state index is -0.661. The molecule has 0 unspecified atom stereocenters. The Labute approximate surface area is 117 Å². The molecule has 1 aromatic heterocycles. The van der Waals surface area contributed by atoms with Crippen molar-refractivity contribution in [2.75, 3.05) is 30.1 Å². The van der Waals surface area contributed by atoms with Crippen molar-refractivity contribution in [3.05, 3.63) is 18.2 Å². The largest absolute Gasteiger partial charge is 0.451 e. The number of hydrazine groups is 1. The molecule has 0 aliphatic rings. The molecule has 0 bridgehead atoms. The number of hydrogen-bond donors (Lipinski definition) is 2. The van der Waals surface area contributed by atoms with Gasteiger partial charge in [-0.3, -0.25) is 5.10 Å². The topological polar surface area (TPSA) is 87.5 Å². The third kappa shape index (κ3) is 2.39. The van der Waals surface area contributed by atoms with Crippen LogP contribution in [0.3, 0.4) is 0 Å². The molecule has 7 heteroatoms. The molecule has 0 atom stereocenters. The van der Waals surface area contributed by atoms with Crippen molar-refractivity contribution in [3.63, 3.8) is 0 Å². The maximum Gasteiger partial charge on any atom is 0.430 e. The molecule has 1 heterocycles. The zero-order valence-electron chi connectivity index (χ0n) is 11.9.